The number of amides is 1. The fourth-order valence-electron chi connectivity index (χ4n) is 2.63. The number of hydrogen-bond acceptors (Lipinski definition) is 2. The molecular formula is C16H18F3NO2. The van der Waals surface area contributed by atoms with Gasteiger partial charge in [-0.2, -0.15) is 13.2 Å². The van der Waals surface area contributed by atoms with Gasteiger partial charge in [-0.15, -0.1) is 0 Å². The third-order valence-electron chi connectivity index (χ3n) is 3.91. The van der Waals surface area contributed by atoms with Crippen LogP contribution >= 0.6 is 0 Å². The zero-order valence-electron chi connectivity index (χ0n) is 12.3. The second kappa shape index (κ2) is 6.50. The first-order chi connectivity index (χ1) is 10.3. The van der Waals surface area contributed by atoms with Gasteiger partial charge in [0, 0.05) is 24.6 Å². The number of nitrogens with zero attached hydrogens (tertiary/aromatic N) is 1. The summed E-state index contributed by atoms with van der Waals surface area (Å²) in [5, 5.41) is 0. The van der Waals surface area contributed by atoms with Crippen molar-refractivity contribution in [1.82, 2.24) is 4.90 Å². The van der Waals surface area contributed by atoms with Crippen LogP contribution in [0.5, 0.6) is 0 Å². The van der Waals surface area contributed by atoms with Crippen molar-refractivity contribution in [1.29, 1.82) is 0 Å². The van der Waals surface area contributed by atoms with Gasteiger partial charge in [-0.05, 0) is 19.8 Å². The van der Waals surface area contributed by atoms with Crippen molar-refractivity contribution >= 4 is 11.7 Å². The van der Waals surface area contributed by atoms with Gasteiger partial charge in [0.2, 0.25) is 5.91 Å². The van der Waals surface area contributed by atoms with Crippen LogP contribution in [0, 0.1) is 12.8 Å². The number of benzene rings is 1. The maximum atomic E-state index is 12.3. The molecule has 0 aliphatic carbocycles. The Morgan fingerprint density at radius 1 is 1.14 bits per heavy atom. The SMILES string of the molecule is Cc1ccc(C(=O)C2CCN(C(=O)CC(F)(F)F)CC2)cc1. The lowest BCUT2D eigenvalue weighted by atomic mass is 9.88. The Balaban J connectivity index is 1.90. The summed E-state index contributed by atoms with van der Waals surface area (Å²) in [5.74, 6) is -1.13. The molecule has 0 atom stereocenters. The van der Waals surface area contributed by atoms with E-state index in [1.54, 1.807) is 12.1 Å². The first-order valence-corrected chi connectivity index (χ1v) is 7.21. The Labute approximate surface area is 127 Å². The minimum Gasteiger partial charge on any atom is -0.342 e. The third-order valence-corrected chi connectivity index (χ3v) is 3.91. The molecule has 2 rings (SSSR count). The predicted molar refractivity (Wildman–Crippen MR) is 75.5 cm³/mol. The topological polar surface area (TPSA) is 37.4 Å². The molecule has 0 saturated carbocycles. The second-order valence-electron chi connectivity index (χ2n) is 5.68. The van der Waals surface area contributed by atoms with E-state index in [2.05, 4.69) is 0 Å². The van der Waals surface area contributed by atoms with Gasteiger partial charge in [-0.3, -0.25) is 9.59 Å². The number of rotatable bonds is 3. The maximum Gasteiger partial charge on any atom is 0.397 e. The number of Topliss-reactive ketones (excluding diaryl/α,β-unsaturated/α-hetero) is 1. The van der Waals surface area contributed by atoms with Crippen molar-refractivity contribution in [2.24, 2.45) is 5.92 Å². The van der Waals surface area contributed by atoms with E-state index in [0.717, 1.165) is 5.56 Å². The first kappa shape index (κ1) is 16.5. The molecule has 0 unspecified atom stereocenters. The predicted octanol–water partition coefficient (Wildman–Crippen LogP) is 3.37. The molecule has 22 heavy (non-hydrogen) atoms. The molecule has 1 aliphatic heterocycles. The lowest BCUT2D eigenvalue weighted by Crippen LogP contribution is -2.41. The standard InChI is InChI=1S/C16H18F3NO2/c1-11-2-4-12(5-3-11)15(22)13-6-8-20(9-7-13)14(21)10-16(17,18)19/h2-5,13H,6-10H2,1H3. The average Bonchev–Trinajstić information content (AvgIpc) is 2.46. The van der Waals surface area contributed by atoms with E-state index >= 15 is 0 Å². The van der Waals surface area contributed by atoms with Crippen molar-refractivity contribution < 1.29 is 22.8 Å². The molecule has 1 aromatic rings. The van der Waals surface area contributed by atoms with E-state index in [4.69, 9.17) is 0 Å². The number of aryl methyl sites for hydroxylation is 1. The van der Waals surface area contributed by atoms with Crippen LogP contribution in [0.4, 0.5) is 13.2 Å². The summed E-state index contributed by atoms with van der Waals surface area (Å²) in [4.78, 5) is 25.1. The number of halogens is 3. The zero-order valence-corrected chi connectivity index (χ0v) is 12.3. The normalized spacial score (nSPS) is 16.6. The molecule has 1 aliphatic rings. The van der Waals surface area contributed by atoms with Crippen LogP contribution in [0.25, 0.3) is 0 Å². The number of likely N-dealkylation sites (tertiary alicyclic amines) is 1. The smallest absolute Gasteiger partial charge is 0.342 e. The first-order valence-electron chi connectivity index (χ1n) is 7.21. The average molecular weight is 313 g/mol. The van der Waals surface area contributed by atoms with Crippen LogP contribution in [0.3, 0.4) is 0 Å². The molecule has 0 N–H and O–H groups in total. The molecule has 1 aromatic carbocycles. The summed E-state index contributed by atoms with van der Waals surface area (Å²) >= 11 is 0. The van der Waals surface area contributed by atoms with Gasteiger partial charge < -0.3 is 4.90 Å². The van der Waals surface area contributed by atoms with E-state index in [1.165, 1.54) is 4.90 Å². The number of carbonyl (C=O) groups excluding carboxylic acids is 2. The van der Waals surface area contributed by atoms with Crippen LogP contribution in [-0.4, -0.2) is 35.9 Å². The molecule has 1 saturated heterocycles. The Bertz CT molecular complexity index is 544. The Hall–Kier alpha value is -1.85. The highest BCUT2D eigenvalue weighted by Crippen LogP contribution is 2.25. The van der Waals surface area contributed by atoms with E-state index < -0.39 is 18.5 Å². The van der Waals surface area contributed by atoms with Crippen LogP contribution in [-0.2, 0) is 4.79 Å². The summed E-state index contributed by atoms with van der Waals surface area (Å²) in [6, 6.07) is 7.24. The van der Waals surface area contributed by atoms with Gasteiger partial charge in [0.15, 0.2) is 5.78 Å². The lowest BCUT2D eigenvalue weighted by Gasteiger charge is -2.31. The molecule has 1 heterocycles. The molecule has 0 radical (unpaired) electrons. The summed E-state index contributed by atoms with van der Waals surface area (Å²) < 4.78 is 36.7. The van der Waals surface area contributed by atoms with Gasteiger partial charge >= 0.3 is 6.18 Å². The number of ketones is 1. The monoisotopic (exact) mass is 313 g/mol. The van der Waals surface area contributed by atoms with Gasteiger partial charge in [-0.1, -0.05) is 29.8 Å². The largest absolute Gasteiger partial charge is 0.397 e. The van der Waals surface area contributed by atoms with Crippen molar-refractivity contribution in [2.75, 3.05) is 13.1 Å². The Morgan fingerprint density at radius 3 is 2.18 bits per heavy atom. The van der Waals surface area contributed by atoms with Crippen molar-refractivity contribution in [3.63, 3.8) is 0 Å². The molecule has 6 heteroatoms. The fraction of sp³-hybridized carbons (Fsp3) is 0.500. The quantitative estimate of drug-likeness (QED) is 0.802. The molecule has 120 valence electrons. The number of hydrogen-bond donors (Lipinski definition) is 0. The molecule has 1 fully saturated rings. The molecule has 3 nitrogen and oxygen atoms in total. The molecule has 0 aromatic heterocycles. The van der Waals surface area contributed by atoms with Gasteiger partial charge in [0.1, 0.15) is 6.42 Å². The highest BCUT2D eigenvalue weighted by Gasteiger charge is 2.35. The third kappa shape index (κ3) is 4.32. The molecule has 0 spiro atoms. The van der Waals surface area contributed by atoms with Crippen molar-refractivity contribution in [2.45, 2.75) is 32.4 Å². The summed E-state index contributed by atoms with van der Waals surface area (Å²) in [5.41, 5.74) is 1.68. The van der Waals surface area contributed by atoms with E-state index in [-0.39, 0.29) is 24.8 Å². The summed E-state index contributed by atoms with van der Waals surface area (Å²) in [6.07, 6.45) is -5.08. The van der Waals surface area contributed by atoms with Crippen LogP contribution < -0.4 is 0 Å². The second-order valence-corrected chi connectivity index (χ2v) is 5.68. The number of piperidine rings is 1. The lowest BCUT2D eigenvalue weighted by molar-refractivity contribution is -0.162. The van der Waals surface area contributed by atoms with Crippen LogP contribution in [0.15, 0.2) is 24.3 Å². The Kier molecular flexibility index (Phi) is 4.88. The van der Waals surface area contributed by atoms with Gasteiger partial charge in [0.25, 0.3) is 0 Å². The van der Waals surface area contributed by atoms with E-state index in [0.29, 0.717) is 18.4 Å². The highest BCUT2D eigenvalue weighted by atomic mass is 19.4. The highest BCUT2D eigenvalue weighted by molar-refractivity contribution is 5.98. The number of alkyl halides is 3. The summed E-state index contributed by atoms with van der Waals surface area (Å²) in [7, 11) is 0. The maximum absolute atomic E-state index is 12.3. The van der Waals surface area contributed by atoms with Crippen LogP contribution in [0.1, 0.15) is 35.2 Å². The minimum absolute atomic E-state index is 0.00270. The zero-order chi connectivity index (χ0) is 16.3. The minimum atomic E-state index is -4.48. The molecule has 0 bridgehead atoms. The summed E-state index contributed by atoms with van der Waals surface area (Å²) in [6.45, 7) is 2.34. The van der Waals surface area contributed by atoms with E-state index in [1.807, 2.05) is 19.1 Å². The van der Waals surface area contributed by atoms with Crippen LogP contribution in [0.2, 0.25) is 0 Å². The fourth-order valence-corrected chi connectivity index (χ4v) is 2.63. The Morgan fingerprint density at radius 2 is 1.68 bits per heavy atom. The van der Waals surface area contributed by atoms with Gasteiger partial charge in [0.05, 0.1) is 0 Å². The number of carbonyl (C=O) groups is 2. The van der Waals surface area contributed by atoms with Crippen molar-refractivity contribution in [3.8, 4) is 0 Å². The molecule has 1 amide bonds. The van der Waals surface area contributed by atoms with E-state index in [9.17, 15) is 22.8 Å². The molecular weight excluding hydrogens is 295 g/mol. The van der Waals surface area contributed by atoms with Gasteiger partial charge in [-0.25, -0.2) is 0 Å². The van der Waals surface area contributed by atoms with Crippen molar-refractivity contribution in [3.05, 3.63) is 35.4 Å².